The van der Waals surface area contributed by atoms with E-state index in [1.54, 1.807) is 13.0 Å². The van der Waals surface area contributed by atoms with Gasteiger partial charge in [0.05, 0.1) is 10.6 Å². The van der Waals surface area contributed by atoms with Crippen molar-refractivity contribution in [1.82, 2.24) is 9.97 Å². The highest BCUT2D eigenvalue weighted by Gasteiger charge is 2.33. The van der Waals surface area contributed by atoms with Crippen LogP contribution in [0.4, 0.5) is 30.5 Å². The smallest absolute Gasteiger partial charge is 0.356 e. The van der Waals surface area contributed by atoms with E-state index in [4.69, 9.17) is 11.6 Å². The third-order valence-corrected chi connectivity index (χ3v) is 4.81. The first kappa shape index (κ1) is 18.8. The van der Waals surface area contributed by atoms with Gasteiger partial charge in [-0.25, -0.2) is 9.97 Å². The third kappa shape index (κ3) is 4.38. The van der Waals surface area contributed by atoms with Crippen molar-refractivity contribution in [3.05, 3.63) is 40.7 Å². The Morgan fingerprint density at radius 2 is 1.85 bits per heavy atom. The molecule has 140 valence electrons. The fourth-order valence-corrected chi connectivity index (χ4v) is 3.21. The fraction of sp³-hybridized carbons (Fsp3) is 0.444. The van der Waals surface area contributed by atoms with Gasteiger partial charge in [-0.3, -0.25) is 0 Å². The lowest BCUT2D eigenvalue weighted by Crippen LogP contribution is -2.33. The first-order valence-electron chi connectivity index (χ1n) is 8.47. The number of hydrogen-bond donors (Lipinski definition) is 1. The van der Waals surface area contributed by atoms with E-state index in [-0.39, 0.29) is 10.7 Å². The van der Waals surface area contributed by atoms with Crippen molar-refractivity contribution < 1.29 is 13.2 Å². The number of anilines is 3. The summed E-state index contributed by atoms with van der Waals surface area (Å²) in [6.07, 6.45) is -2.32. The van der Waals surface area contributed by atoms with Crippen LogP contribution in [0.15, 0.2) is 24.3 Å². The molecule has 1 aliphatic heterocycles. The van der Waals surface area contributed by atoms with Crippen molar-refractivity contribution in [2.45, 2.75) is 32.9 Å². The van der Waals surface area contributed by atoms with Gasteiger partial charge in [-0.1, -0.05) is 18.5 Å². The molecule has 1 aromatic heterocycles. The van der Waals surface area contributed by atoms with Crippen LogP contribution in [0, 0.1) is 12.8 Å². The summed E-state index contributed by atoms with van der Waals surface area (Å²) in [4.78, 5) is 10.9. The molecule has 0 radical (unpaired) electrons. The van der Waals surface area contributed by atoms with E-state index in [2.05, 4.69) is 27.1 Å². The van der Waals surface area contributed by atoms with Crippen LogP contribution in [0.25, 0.3) is 0 Å². The molecule has 0 aliphatic carbocycles. The molecule has 4 nitrogen and oxygen atoms in total. The minimum Gasteiger partial charge on any atom is -0.356 e. The number of rotatable bonds is 3. The largest absolute Gasteiger partial charge is 0.417 e. The second-order valence-corrected chi connectivity index (χ2v) is 7.05. The maximum absolute atomic E-state index is 13.0. The molecule has 8 heteroatoms. The Hall–Kier alpha value is -2.02. The summed E-state index contributed by atoms with van der Waals surface area (Å²) in [6, 6.07) is 5.48. The summed E-state index contributed by atoms with van der Waals surface area (Å²) >= 11 is 5.67. The molecule has 1 aromatic carbocycles. The van der Waals surface area contributed by atoms with Crippen molar-refractivity contribution in [3.8, 4) is 0 Å². The summed E-state index contributed by atoms with van der Waals surface area (Å²) in [5.74, 6) is 2.51. The first-order valence-corrected chi connectivity index (χ1v) is 8.84. The molecule has 3 rings (SSSR count). The Bertz CT molecular complexity index is 786. The molecule has 0 saturated carbocycles. The van der Waals surface area contributed by atoms with E-state index >= 15 is 0 Å². The molecule has 0 spiro atoms. The number of nitrogens with one attached hydrogen (secondary N) is 1. The van der Waals surface area contributed by atoms with Crippen LogP contribution >= 0.6 is 11.6 Å². The number of nitrogens with zero attached hydrogens (tertiary/aromatic N) is 3. The van der Waals surface area contributed by atoms with Crippen molar-refractivity contribution in [2.24, 2.45) is 5.92 Å². The first-order chi connectivity index (χ1) is 12.2. The molecule has 1 N–H and O–H groups in total. The van der Waals surface area contributed by atoms with Gasteiger partial charge in [-0.05, 0) is 43.9 Å². The van der Waals surface area contributed by atoms with E-state index in [0.717, 1.165) is 37.8 Å². The maximum atomic E-state index is 13.0. The van der Waals surface area contributed by atoms with Gasteiger partial charge in [0.1, 0.15) is 17.5 Å². The zero-order chi connectivity index (χ0) is 18.9. The average Bonchev–Trinajstić information content (AvgIpc) is 2.56. The number of aromatic nitrogens is 2. The monoisotopic (exact) mass is 384 g/mol. The van der Waals surface area contributed by atoms with E-state index in [1.807, 2.05) is 0 Å². The van der Waals surface area contributed by atoms with Crippen molar-refractivity contribution in [3.63, 3.8) is 0 Å². The van der Waals surface area contributed by atoms with Crippen LogP contribution in [-0.4, -0.2) is 23.1 Å². The van der Waals surface area contributed by atoms with Gasteiger partial charge in [0.2, 0.25) is 0 Å². The van der Waals surface area contributed by atoms with Crippen LogP contribution in [-0.2, 0) is 6.18 Å². The quantitative estimate of drug-likeness (QED) is 0.765. The highest BCUT2D eigenvalue weighted by molar-refractivity contribution is 6.31. The van der Waals surface area contributed by atoms with E-state index in [9.17, 15) is 13.2 Å². The number of alkyl halides is 3. The van der Waals surface area contributed by atoms with Gasteiger partial charge in [0.25, 0.3) is 0 Å². The number of hydrogen-bond acceptors (Lipinski definition) is 4. The number of piperidine rings is 1. The summed E-state index contributed by atoms with van der Waals surface area (Å²) in [6.45, 7) is 5.82. The van der Waals surface area contributed by atoms with Gasteiger partial charge in [-0.15, -0.1) is 0 Å². The van der Waals surface area contributed by atoms with Crippen LogP contribution in [0.3, 0.4) is 0 Å². The molecule has 0 unspecified atom stereocenters. The molecule has 0 amide bonds. The van der Waals surface area contributed by atoms with Crippen LogP contribution in [0.2, 0.25) is 5.02 Å². The standard InChI is InChI=1S/C18H20ClF3N4/c1-11-5-7-26(8-6-11)17-10-16(23-12(2)24-17)25-13-3-4-15(19)14(9-13)18(20,21)22/h3-4,9-11H,5-8H2,1-2H3,(H,23,24,25). The number of benzene rings is 1. The highest BCUT2D eigenvalue weighted by Crippen LogP contribution is 2.36. The van der Waals surface area contributed by atoms with Crippen molar-refractivity contribution in [2.75, 3.05) is 23.3 Å². The zero-order valence-corrected chi connectivity index (χ0v) is 15.3. The Morgan fingerprint density at radius 1 is 1.15 bits per heavy atom. The van der Waals surface area contributed by atoms with Crippen molar-refractivity contribution >= 4 is 28.9 Å². The minimum absolute atomic E-state index is 0.276. The summed E-state index contributed by atoms with van der Waals surface area (Å²) < 4.78 is 39.1. The van der Waals surface area contributed by atoms with Gasteiger partial charge in [0, 0.05) is 24.8 Å². The molecule has 2 heterocycles. The summed E-state index contributed by atoms with van der Waals surface area (Å²) in [5, 5.41) is 2.61. The molecule has 0 bridgehead atoms. The van der Waals surface area contributed by atoms with Gasteiger partial charge in [0.15, 0.2) is 0 Å². The van der Waals surface area contributed by atoms with Gasteiger partial charge < -0.3 is 10.2 Å². The second-order valence-electron chi connectivity index (χ2n) is 6.65. The highest BCUT2D eigenvalue weighted by atomic mass is 35.5. The zero-order valence-electron chi connectivity index (χ0n) is 14.6. The second kappa shape index (κ2) is 7.31. The van der Waals surface area contributed by atoms with E-state index in [0.29, 0.717) is 17.6 Å². The summed E-state index contributed by atoms with van der Waals surface area (Å²) in [5.41, 5.74) is -0.599. The Morgan fingerprint density at radius 3 is 2.50 bits per heavy atom. The molecular weight excluding hydrogens is 365 g/mol. The van der Waals surface area contributed by atoms with Gasteiger partial charge in [-0.2, -0.15) is 13.2 Å². The van der Waals surface area contributed by atoms with E-state index in [1.165, 1.54) is 12.1 Å². The molecular formula is C18H20ClF3N4. The third-order valence-electron chi connectivity index (χ3n) is 4.48. The Kier molecular flexibility index (Phi) is 5.27. The Balaban J connectivity index is 1.84. The molecule has 26 heavy (non-hydrogen) atoms. The lowest BCUT2D eigenvalue weighted by Gasteiger charge is -2.31. The number of aryl methyl sites for hydroxylation is 1. The maximum Gasteiger partial charge on any atom is 0.417 e. The predicted octanol–water partition coefficient (Wildman–Crippen LogP) is 5.44. The SMILES string of the molecule is Cc1nc(Nc2ccc(Cl)c(C(F)(F)F)c2)cc(N2CCC(C)CC2)n1. The number of halogens is 4. The molecule has 1 saturated heterocycles. The van der Waals surface area contributed by atoms with Crippen molar-refractivity contribution in [1.29, 1.82) is 0 Å². The van der Waals surface area contributed by atoms with Crippen LogP contribution < -0.4 is 10.2 Å². The Labute approximate surface area is 155 Å². The molecule has 2 aromatic rings. The molecule has 0 atom stereocenters. The van der Waals surface area contributed by atoms with E-state index < -0.39 is 11.7 Å². The van der Waals surface area contributed by atoms with Gasteiger partial charge >= 0.3 is 6.18 Å². The summed E-state index contributed by atoms with van der Waals surface area (Å²) in [7, 11) is 0. The molecule has 1 aliphatic rings. The van der Waals surface area contributed by atoms with Crippen LogP contribution in [0.5, 0.6) is 0 Å². The van der Waals surface area contributed by atoms with Crippen LogP contribution in [0.1, 0.15) is 31.2 Å². The lowest BCUT2D eigenvalue weighted by atomic mass is 9.99. The average molecular weight is 385 g/mol. The predicted molar refractivity (Wildman–Crippen MR) is 97.1 cm³/mol. The fourth-order valence-electron chi connectivity index (χ4n) is 2.98. The lowest BCUT2D eigenvalue weighted by molar-refractivity contribution is -0.137. The topological polar surface area (TPSA) is 41.1 Å². The minimum atomic E-state index is -4.51. The molecule has 1 fully saturated rings. The normalized spacial score (nSPS) is 16.0.